The molecule has 0 unspecified atom stereocenters. The fraction of sp³-hybridized carbons (Fsp3) is 0.500. The van der Waals surface area contributed by atoms with Gasteiger partial charge in [0.15, 0.2) is 0 Å². The molecular formula is C14H20BrClN2O. The number of carbonyl (C=O) groups excluding carboxylic acids is 1. The summed E-state index contributed by atoms with van der Waals surface area (Å²) >= 11 is 9.47. The van der Waals surface area contributed by atoms with Gasteiger partial charge in [0.25, 0.3) is 5.91 Å². The van der Waals surface area contributed by atoms with Crippen LogP contribution < -0.4 is 5.73 Å². The highest BCUT2D eigenvalue weighted by molar-refractivity contribution is 9.10. The molecule has 0 aliphatic carbocycles. The van der Waals surface area contributed by atoms with Crippen LogP contribution in [-0.4, -0.2) is 30.4 Å². The molecule has 0 aromatic heterocycles. The van der Waals surface area contributed by atoms with Crippen molar-refractivity contribution in [2.24, 2.45) is 11.1 Å². The average Bonchev–Trinajstić information content (AvgIpc) is 2.38. The van der Waals surface area contributed by atoms with E-state index in [1.54, 1.807) is 17.0 Å². The van der Waals surface area contributed by atoms with Gasteiger partial charge in [-0.2, -0.15) is 0 Å². The minimum absolute atomic E-state index is 0.0599. The van der Waals surface area contributed by atoms with Crippen LogP contribution >= 0.6 is 27.5 Å². The van der Waals surface area contributed by atoms with Crippen LogP contribution in [0.3, 0.4) is 0 Å². The second-order valence-corrected chi connectivity index (χ2v) is 6.63. The zero-order valence-corrected chi connectivity index (χ0v) is 13.9. The van der Waals surface area contributed by atoms with Gasteiger partial charge in [0, 0.05) is 17.6 Å². The molecule has 1 rings (SSSR count). The van der Waals surface area contributed by atoms with Crippen molar-refractivity contribution in [1.29, 1.82) is 0 Å². The highest BCUT2D eigenvalue weighted by atomic mass is 79.9. The van der Waals surface area contributed by atoms with Crippen LogP contribution in [0, 0.1) is 5.41 Å². The average molecular weight is 348 g/mol. The Hall–Kier alpha value is -0.580. The lowest BCUT2D eigenvalue weighted by Gasteiger charge is -2.31. The Morgan fingerprint density at radius 2 is 2.11 bits per heavy atom. The van der Waals surface area contributed by atoms with Crippen LogP contribution in [0.2, 0.25) is 5.02 Å². The Morgan fingerprint density at radius 3 is 2.63 bits per heavy atom. The van der Waals surface area contributed by atoms with E-state index in [2.05, 4.69) is 15.9 Å². The van der Waals surface area contributed by atoms with E-state index in [0.29, 0.717) is 30.2 Å². The number of nitrogens with zero attached hydrogens (tertiary/aromatic N) is 1. The molecule has 106 valence electrons. The standard InChI is InChI=1S/C14H20BrClN2O/c1-4-18(9-14(2,3)8-17)13(19)11-7-10(15)5-6-12(11)16/h5-7H,4,8-9,17H2,1-3H3. The second-order valence-electron chi connectivity index (χ2n) is 5.31. The van der Waals surface area contributed by atoms with Gasteiger partial charge in [-0.1, -0.05) is 41.4 Å². The first-order chi connectivity index (χ1) is 8.80. The van der Waals surface area contributed by atoms with Crippen molar-refractivity contribution in [3.8, 4) is 0 Å². The van der Waals surface area contributed by atoms with Crippen molar-refractivity contribution >= 4 is 33.4 Å². The summed E-state index contributed by atoms with van der Waals surface area (Å²) in [4.78, 5) is 14.3. The number of hydrogen-bond acceptors (Lipinski definition) is 2. The molecule has 0 saturated carbocycles. The fourth-order valence-corrected chi connectivity index (χ4v) is 2.30. The molecule has 0 atom stereocenters. The lowest BCUT2D eigenvalue weighted by Crippen LogP contribution is -2.42. The number of amides is 1. The Morgan fingerprint density at radius 1 is 1.47 bits per heavy atom. The Bertz CT molecular complexity index is 463. The minimum atomic E-state index is -0.107. The van der Waals surface area contributed by atoms with E-state index in [1.807, 2.05) is 26.8 Å². The highest BCUT2D eigenvalue weighted by Gasteiger charge is 2.24. The van der Waals surface area contributed by atoms with Crippen LogP contribution in [0.4, 0.5) is 0 Å². The molecule has 0 heterocycles. The van der Waals surface area contributed by atoms with Crippen LogP contribution in [0.1, 0.15) is 31.1 Å². The van der Waals surface area contributed by atoms with Gasteiger partial charge in [-0.05, 0) is 37.1 Å². The molecule has 0 spiro atoms. The first-order valence-electron chi connectivity index (χ1n) is 6.25. The molecule has 0 fully saturated rings. The maximum atomic E-state index is 12.5. The number of benzene rings is 1. The van der Waals surface area contributed by atoms with E-state index < -0.39 is 0 Å². The molecule has 1 amide bonds. The van der Waals surface area contributed by atoms with Crippen LogP contribution in [0.15, 0.2) is 22.7 Å². The summed E-state index contributed by atoms with van der Waals surface area (Å²) in [7, 11) is 0. The van der Waals surface area contributed by atoms with Gasteiger partial charge >= 0.3 is 0 Å². The predicted molar refractivity (Wildman–Crippen MR) is 83.6 cm³/mol. The van der Waals surface area contributed by atoms with Crippen molar-refractivity contribution in [2.75, 3.05) is 19.6 Å². The third-order valence-corrected chi connectivity index (χ3v) is 3.82. The zero-order chi connectivity index (χ0) is 14.6. The molecule has 3 nitrogen and oxygen atoms in total. The molecule has 1 aromatic rings. The number of carbonyl (C=O) groups is 1. The Balaban J connectivity index is 2.99. The van der Waals surface area contributed by atoms with E-state index in [1.165, 1.54) is 0 Å². The molecule has 19 heavy (non-hydrogen) atoms. The second kappa shape index (κ2) is 6.73. The van der Waals surface area contributed by atoms with Crippen molar-refractivity contribution in [2.45, 2.75) is 20.8 Å². The van der Waals surface area contributed by atoms with E-state index in [-0.39, 0.29) is 11.3 Å². The summed E-state index contributed by atoms with van der Waals surface area (Å²) in [6.07, 6.45) is 0. The number of rotatable bonds is 5. The summed E-state index contributed by atoms with van der Waals surface area (Å²) in [5.41, 5.74) is 6.14. The van der Waals surface area contributed by atoms with Crippen molar-refractivity contribution in [3.05, 3.63) is 33.3 Å². The van der Waals surface area contributed by atoms with E-state index in [0.717, 1.165) is 4.47 Å². The molecule has 0 saturated heterocycles. The first-order valence-corrected chi connectivity index (χ1v) is 7.42. The number of hydrogen-bond donors (Lipinski definition) is 1. The maximum absolute atomic E-state index is 12.5. The summed E-state index contributed by atoms with van der Waals surface area (Å²) in [5, 5.41) is 0.470. The summed E-state index contributed by atoms with van der Waals surface area (Å²) < 4.78 is 0.842. The first kappa shape index (κ1) is 16.5. The molecule has 0 radical (unpaired) electrons. The fourth-order valence-electron chi connectivity index (χ4n) is 1.74. The summed E-state index contributed by atoms with van der Waals surface area (Å²) in [6.45, 7) is 7.82. The monoisotopic (exact) mass is 346 g/mol. The quantitative estimate of drug-likeness (QED) is 0.885. The Kier molecular flexibility index (Phi) is 5.83. The highest BCUT2D eigenvalue weighted by Crippen LogP contribution is 2.24. The van der Waals surface area contributed by atoms with Gasteiger partial charge < -0.3 is 10.6 Å². The van der Waals surface area contributed by atoms with E-state index in [9.17, 15) is 4.79 Å². The van der Waals surface area contributed by atoms with E-state index in [4.69, 9.17) is 17.3 Å². The summed E-state index contributed by atoms with van der Waals surface area (Å²) in [5.74, 6) is -0.0599. The lowest BCUT2D eigenvalue weighted by molar-refractivity contribution is 0.0701. The largest absolute Gasteiger partial charge is 0.338 e. The Labute approximate surface area is 128 Å². The molecule has 2 N–H and O–H groups in total. The lowest BCUT2D eigenvalue weighted by atomic mass is 9.93. The van der Waals surface area contributed by atoms with Crippen LogP contribution in [0.5, 0.6) is 0 Å². The van der Waals surface area contributed by atoms with Crippen molar-refractivity contribution < 1.29 is 4.79 Å². The van der Waals surface area contributed by atoms with Gasteiger partial charge in [-0.25, -0.2) is 0 Å². The van der Waals surface area contributed by atoms with Gasteiger partial charge in [-0.3, -0.25) is 4.79 Å². The van der Waals surface area contributed by atoms with Crippen molar-refractivity contribution in [3.63, 3.8) is 0 Å². The van der Waals surface area contributed by atoms with Gasteiger partial charge in [0.2, 0.25) is 0 Å². The molecule has 0 aliphatic rings. The van der Waals surface area contributed by atoms with Gasteiger partial charge in [-0.15, -0.1) is 0 Å². The summed E-state index contributed by atoms with van der Waals surface area (Å²) in [6, 6.07) is 5.29. The molecular weight excluding hydrogens is 328 g/mol. The van der Waals surface area contributed by atoms with Crippen LogP contribution in [0.25, 0.3) is 0 Å². The van der Waals surface area contributed by atoms with Gasteiger partial charge in [0.05, 0.1) is 10.6 Å². The number of halogens is 2. The topological polar surface area (TPSA) is 46.3 Å². The maximum Gasteiger partial charge on any atom is 0.255 e. The van der Waals surface area contributed by atoms with Gasteiger partial charge in [0.1, 0.15) is 0 Å². The molecule has 0 aliphatic heterocycles. The third kappa shape index (κ3) is 4.48. The van der Waals surface area contributed by atoms with E-state index >= 15 is 0 Å². The van der Waals surface area contributed by atoms with Crippen LogP contribution in [-0.2, 0) is 0 Å². The zero-order valence-electron chi connectivity index (χ0n) is 11.5. The normalized spacial score (nSPS) is 11.5. The SMILES string of the molecule is CCN(CC(C)(C)CN)C(=O)c1cc(Br)ccc1Cl. The number of nitrogens with two attached hydrogens (primary N) is 1. The third-order valence-electron chi connectivity index (χ3n) is 3.00. The molecule has 5 heteroatoms. The van der Waals surface area contributed by atoms with Crippen molar-refractivity contribution in [1.82, 2.24) is 4.90 Å². The molecule has 1 aromatic carbocycles. The predicted octanol–water partition coefficient (Wildman–Crippen LogP) is 3.55. The molecule has 0 bridgehead atoms. The smallest absolute Gasteiger partial charge is 0.255 e. The minimum Gasteiger partial charge on any atom is -0.338 e.